The Morgan fingerprint density at radius 3 is 2.79 bits per heavy atom. The highest BCUT2D eigenvalue weighted by molar-refractivity contribution is 6.21. The molecule has 1 fully saturated rings. The van der Waals surface area contributed by atoms with Crippen molar-refractivity contribution >= 4 is 11.6 Å². The predicted octanol–water partition coefficient (Wildman–Crippen LogP) is 2.55. The molecule has 1 aliphatic rings. The van der Waals surface area contributed by atoms with Gasteiger partial charge in [0.25, 0.3) is 0 Å². The third kappa shape index (κ3) is 4.16. The van der Waals surface area contributed by atoms with Gasteiger partial charge in [0, 0.05) is 25.1 Å². The van der Waals surface area contributed by atoms with Crippen LogP contribution < -0.4 is 5.32 Å². The molecular formula is C11H22ClNO. The summed E-state index contributed by atoms with van der Waals surface area (Å²) in [6.45, 7) is 2.98. The monoisotopic (exact) mass is 219 g/mol. The first kappa shape index (κ1) is 12.3. The van der Waals surface area contributed by atoms with Gasteiger partial charge in [0.15, 0.2) is 0 Å². The van der Waals surface area contributed by atoms with Crippen LogP contribution in [0.3, 0.4) is 0 Å². The average molecular weight is 220 g/mol. The van der Waals surface area contributed by atoms with Crippen LogP contribution in [0.4, 0.5) is 0 Å². The molecule has 0 saturated heterocycles. The summed E-state index contributed by atoms with van der Waals surface area (Å²) in [6, 6.07) is 0.483. The molecule has 2 nitrogen and oxygen atoms in total. The molecule has 3 atom stereocenters. The molecule has 1 rings (SSSR count). The molecule has 0 aromatic rings. The molecule has 0 bridgehead atoms. The van der Waals surface area contributed by atoms with Gasteiger partial charge in [0.05, 0.1) is 6.10 Å². The number of hydrogen-bond donors (Lipinski definition) is 1. The quantitative estimate of drug-likeness (QED) is 0.580. The van der Waals surface area contributed by atoms with Gasteiger partial charge in [0.1, 0.15) is 0 Å². The van der Waals surface area contributed by atoms with E-state index in [0.29, 0.717) is 11.4 Å². The third-order valence-electron chi connectivity index (χ3n) is 3.00. The molecule has 1 saturated carbocycles. The molecule has 1 aliphatic carbocycles. The maximum Gasteiger partial charge on any atom is 0.0667 e. The summed E-state index contributed by atoms with van der Waals surface area (Å²) in [5.74, 6) is 0. The van der Waals surface area contributed by atoms with Crippen LogP contribution >= 0.6 is 11.6 Å². The van der Waals surface area contributed by atoms with Crippen molar-refractivity contribution in [3.8, 4) is 0 Å². The van der Waals surface area contributed by atoms with E-state index in [1.54, 1.807) is 7.11 Å². The highest BCUT2D eigenvalue weighted by Gasteiger charge is 2.21. The number of rotatable bonds is 4. The van der Waals surface area contributed by atoms with Gasteiger partial charge < -0.3 is 10.1 Å². The van der Waals surface area contributed by atoms with Crippen molar-refractivity contribution in [1.29, 1.82) is 0 Å². The summed E-state index contributed by atoms with van der Waals surface area (Å²) in [4.78, 5) is 0. The Balaban J connectivity index is 2.26. The first-order valence-electron chi connectivity index (χ1n) is 5.64. The van der Waals surface area contributed by atoms with Crippen LogP contribution in [0.5, 0.6) is 0 Å². The second-order valence-electron chi connectivity index (χ2n) is 4.22. The molecule has 3 unspecified atom stereocenters. The molecule has 0 aromatic carbocycles. The van der Waals surface area contributed by atoms with E-state index < -0.39 is 0 Å². The summed E-state index contributed by atoms with van der Waals surface area (Å²) in [5, 5.41) is 3.81. The number of hydrogen-bond acceptors (Lipinski definition) is 2. The average Bonchev–Trinajstić information content (AvgIpc) is 2.39. The predicted molar refractivity (Wildman–Crippen MR) is 61.0 cm³/mol. The summed E-state index contributed by atoms with van der Waals surface area (Å²) >= 11 is 6.31. The molecule has 0 radical (unpaired) electrons. The van der Waals surface area contributed by atoms with Crippen LogP contribution in [0.1, 0.15) is 39.0 Å². The van der Waals surface area contributed by atoms with Gasteiger partial charge in [-0.3, -0.25) is 0 Å². The van der Waals surface area contributed by atoms with E-state index in [4.69, 9.17) is 16.3 Å². The van der Waals surface area contributed by atoms with Crippen molar-refractivity contribution in [1.82, 2.24) is 5.32 Å². The van der Waals surface area contributed by atoms with Crippen LogP contribution in [-0.4, -0.2) is 31.2 Å². The third-order valence-corrected chi connectivity index (χ3v) is 3.52. The highest BCUT2D eigenvalue weighted by Crippen LogP contribution is 2.22. The van der Waals surface area contributed by atoms with Crippen LogP contribution in [0.2, 0.25) is 0 Å². The number of nitrogens with one attached hydrogen (secondary N) is 1. The van der Waals surface area contributed by atoms with Gasteiger partial charge in [-0.15, -0.1) is 11.6 Å². The van der Waals surface area contributed by atoms with Crippen LogP contribution in [-0.2, 0) is 4.74 Å². The minimum Gasteiger partial charge on any atom is -0.380 e. The summed E-state index contributed by atoms with van der Waals surface area (Å²) < 4.78 is 5.20. The normalized spacial score (nSPS) is 31.1. The van der Waals surface area contributed by atoms with Gasteiger partial charge in [-0.2, -0.15) is 0 Å². The van der Waals surface area contributed by atoms with E-state index in [2.05, 4.69) is 12.2 Å². The smallest absolute Gasteiger partial charge is 0.0667 e. The molecule has 1 N–H and O–H groups in total. The van der Waals surface area contributed by atoms with E-state index in [9.17, 15) is 0 Å². The number of methoxy groups -OCH3 is 1. The molecule has 3 heteroatoms. The zero-order valence-corrected chi connectivity index (χ0v) is 10.0. The van der Waals surface area contributed by atoms with Crippen LogP contribution in [0.25, 0.3) is 0 Å². The largest absolute Gasteiger partial charge is 0.380 e. The molecule has 84 valence electrons. The lowest BCUT2D eigenvalue weighted by Crippen LogP contribution is -2.40. The second-order valence-corrected chi connectivity index (χ2v) is 4.78. The topological polar surface area (TPSA) is 21.3 Å². The van der Waals surface area contributed by atoms with Crippen molar-refractivity contribution < 1.29 is 4.74 Å². The zero-order valence-electron chi connectivity index (χ0n) is 9.26. The number of halogens is 1. The number of ether oxygens (including phenoxy) is 1. The molecule has 0 aliphatic heterocycles. The summed E-state index contributed by atoms with van der Waals surface area (Å²) in [6.07, 6.45) is 6.57. The van der Waals surface area contributed by atoms with E-state index >= 15 is 0 Å². The Labute approximate surface area is 92.3 Å². The maximum atomic E-state index is 6.31. The molecule has 0 amide bonds. The molecule has 0 heterocycles. The van der Waals surface area contributed by atoms with Gasteiger partial charge in [0.2, 0.25) is 0 Å². The minimum atomic E-state index is 0.280. The van der Waals surface area contributed by atoms with E-state index in [-0.39, 0.29) is 6.10 Å². The van der Waals surface area contributed by atoms with Gasteiger partial charge in [-0.05, 0) is 19.8 Å². The Bertz CT molecular complexity index is 154. The Morgan fingerprint density at radius 1 is 1.36 bits per heavy atom. The first-order chi connectivity index (χ1) is 6.74. The number of alkyl halides is 1. The highest BCUT2D eigenvalue weighted by atomic mass is 35.5. The van der Waals surface area contributed by atoms with Crippen LogP contribution in [0.15, 0.2) is 0 Å². The van der Waals surface area contributed by atoms with E-state index in [0.717, 1.165) is 13.0 Å². The fraction of sp³-hybridized carbons (Fsp3) is 1.00. The molecular weight excluding hydrogens is 198 g/mol. The summed E-state index contributed by atoms with van der Waals surface area (Å²) in [7, 11) is 1.75. The lowest BCUT2D eigenvalue weighted by atomic mass is 10.1. The molecule has 14 heavy (non-hydrogen) atoms. The van der Waals surface area contributed by atoms with Gasteiger partial charge in [-0.1, -0.05) is 19.3 Å². The standard InChI is InChI=1S/C11H22ClNO/c1-9(14-2)8-13-11-7-5-3-4-6-10(11)12/h9-11,13H,3-8H2,1-2H3. The fourth-order valence-electron chi connectivity index (χ4n) is 1.89. The van der Waals surface area contributed by atoms with Crippen molar-refractivity contribution in [2.45, 2.75) is 56.6 Å². The lowest BCUT2D eigenvalue weighted by Gasteiger charge is -2.22. The van der Waals surface area contributed by atoms with Crippen molar-refractivity contribution in [3.63, 3.8) is 0 Å². The lowest BCUT2D eigenvalue weighted by molar-refractivity contribution is 0.113. The Morgan fingerprint density at radius 2 is 2.07 bits per heavy atom. The second kappa shape index (κ2) is 6.65. The molecule has 0 spiro atoms. The van der Waals surface area contributed by atoms with E-state index in [1.807, 2.05) is 0 Å². The SMILES string of the molecule is COC(C)CNC1CCCCCC1Cl. The fourth-order valence-corrected chi connectivity index (χ4v) is 2.26. The van der Waals surface area contributed by atoms with Crippen LogP contribution in [0, 0.1) is 0 Å². The van der Waals surface area contributed by atoms with Gasteiger partial charge in [-0.25, -0.2) is 0 Å². The first-order valence-corrected chi connectivity index (χ1v) is 6.08. The zero-order chi connectivity index (χ0) is 10.4. The maximum absolute atomic E-state index is 6.31. The Kier molecular flexibility index (Phi) is 5.83. The Hall–Kier alpha value is 0.210. The summed E-state index contributed by atoms with van der Waals surface area (Å²) in [5.41, 5.74) is 0. The van der Waals surface area contributed by atoms with E-state index in [1.165, 1.54) is 25.7 Å². The minimum absolute atomic E-state index is 0.280. The van der Waals surface area contributed by atoms with Crippen molar-refractivity contribution in [2.75, 3.05) is 13.7 Å². The molecule has 0 aromatic heterocycles. The van der Waals surface area contributed by atoms with Gasteiger partial charge >= 0.3 is 0 Å². The van der Waals surface area contributed by atoms with Crippen molar-refractivity contribution in [3.05, 3.63) is 0 Å². The van der Waals surface area contributed by atoms with Crippen molar-refractivity contribution in [2.24, 2.45) is 0 Å².